The first-order valence-electron chi connectivity index (χ1n) is 9.27. The van der Waals surface area contributed by atoms with Crippen LogP contribution < -0.4 is 9.64 Å². The highest BCUT2D eigenvalue weighted by Crippen LogP contribution is 2.31. The van der Waals surface area contributed by atoms with Crippen molar-refractivity contribution in [3.05, 3.63) is 48.5 Å². The number of anilines is 1. The molecule has 0 unspecified atom stereocenters. The van der Waals surface area contributed by atoms with Gasteiger partial charge >= 0.3 is 0 Å². The molecule has 146 valence electrons. The molecule has 1 aromatic heterocycles. The molecular formula is C21H22N2O3S2. The van der Waals surface area contributed by atoms with Crippen molar-refractivity contribution in [3.8, 4) is 5.75 Å². The zero-order valence-electron chi connectivity index (χ0n) is 15.7. The number of aromatic nitrogens is 1. The Hall–Kier alpha value is -2.09. The third-order valence-electron chi connectivity index (χ3n) is 4.65. The van der Waals surface area contributed by atoms with E-state index in [9.17, 15) is 4.79 Å². The number of para-hydroxylation sites is 1. The molecule has 0 spiro atoms. The van der Waals surface area contributed by atoms with Crippen molar-refractivity contribution in [1.82, 2.24) is 4.98 Å². The minimum atomic E-state index is 0.0513. The Morgan fingerprint density at radius 2 is 2.11 bits per heavy atom. The van der Waals surface area contributed by atoms with E-state index in [-0.39, 0.29) is 12.0 Å². The molecule has 5 nitrogen and oxygen atoms in total. The lowest BCUT2D eigenvalue weighted by molar-refractivity contribution is -0.116. The molecule has 0 saturated carbocycles. The summed E-state index contributed by atoms with van der Waals surface area (Å²) in [7, 11) is 1.65. The van der Waals surface area contributed by atoms with Crippen LogP contribution in [0.4, 0.5) is 5.13 Å². The maximum absolute atomic E-state index is 13.1. The number of methoxy groups -OCH3 is 1. The Kier molecular flexibility index (Phi) is 6.14. The van der Waals surface area contributed by atoms with E-state index in [2.05, 4.69) is 0 Å². The summed E-state index contributed by atoms with van der Waals surface area (Å²) < 4.78 is 12.1. The predicted octanol–water partition coefficient (Wildman–Crippen LogP) is 4.61. The molecule has 4 rings (SSSR count). The number of carbonyl (C=O) groups is 1. The Morgan fingerprint density at radius 1 is 1.29 bits per heavy atom. The summed E-state index contributed by atoms with van der Waals surface area (Å²) in [5, 5.41) is 0.747. The number of carbonyl (C=O) groups excluding carboxylic acids is 1. The molecule has 2 aromatic carbocycles. The highest BCUT2D eigenvalue weighted by molar-refractivity contribution is 8.00. The fraction of sp³-hybridized carbons (Fsp3) is 0.333. The van der Waals surface area contributed by atoms with Gasteiger partial charge in [0.2, 0.25) is 5.91 Å². The molecule has 1 aliphatic heterocycles. The van der Waals surface area contributed by atoms with Crippen LogP contribution in [-0.4, -0.2) is 43.0 Å². The van der Waals surface area contributed by atoms with Gasteiger partial charge in [0.25, 0.3) is 0 Å². The fourth-order valence-electron chi connectivity index (χ4n) is 3.15. The smallest absolute Gasteiger partial charge is 0.239 e. The number of amides is 1. The third-order valence-corrected chi connectivity index (χ3v) is 6.70. The number of thiazole rings is 1. The van der Waals surface area contributed by atoms with Crippen molar-refractivity contribution < 1.29 is 14.3 Å². The molecule has 0 N–H and O–H groups in total. The van der Waals surface area contributed by atoms with Gasteiger partial charge in [-0.05, 0) is 49.2 Å². The maximum Gasteiger partial charge on any atom is 0.239 e. The van der Waals surface area contributed by atoms with Crippen LogP contribution >= 0.6 is 23.1 Å². The predicted molar refractivity (Wildman–Crippen MR) is 115 cm³/mol. The molecule has 1 atom stereocenters. The Balaban J connectivity index is 1.50. The molecule has 2 heterocycles. The maximum atomic E-state index is 13.1. The number of benzene rings is 2. The highest BCUT2D eigenvalue weighted by atomic mass is 32.2. The largest absolute Gasteiger partial charge is 0.497 e. The Morgan fingerprint density at radius 3 is 2.82 bits per heavy atom. The average molecular weight is 415 g/mol. The van der Waals surface area contributed by atoms with Crippen LogP contribution in [0.2, 0.25) is 0 Å². The van der Waals surface area contributed by atoms with Gasteiger partial charge < -0.3 is 9.47 Å². The van der Waals surface area contributed by atoms with E-state index in [4.69, 9.17) is 14.5 Å². The lowest BCUT2D eigenvalue weighted by atomic mass is 10.2. The number of hydrogen-bond acceptors (Lipinski definition) is 6. The van der Waals surface area contributed by atoms with Crippen LogP contribution in [0.25, 0.3) is 10.2 Å². The normalized spacial score (nSPS) is 16.4. The summed E-state index contributed by atoms with van der Waals surface area (Å²) in [5.41, 5.74) is 0.926. The number of fused-ring (bicyclic) bond motifs is 1. The van der Waals surface area contributed by atoms with Crippen molar-refractivity contribution in [2.75, 3.05) is 30.9 Å². The van der Waals surface area contributed by atoms with E-state index in [1.165, 1.54) is 11.8 Å². The Labute approximate surface area is 172 Å². The molecule has 28 heavy (non-hydrogen) atoms. The summed E-state index contributed by atoms with van der Waals surface area (Å²) in [6.07, 6.45) is 2.12. The first kappa shape index (κ1) is 19.2. The zero-order valence-corrected chi connectivity index (χ0v) is 17.3. The topological polar surface area (TPSA) is 51.7 Å². The summed E-state index contributed by atoms with van der Waals surface area (Å²) >= 11 is 3.08. The van der Waals surface area contributed by atoms with Gasteiger partial charge in [-0.15, -0.1) is 11.8 Å². The van der Waals surface area contributed by atoms with Gasteiger partial charge in [0, 0.05) is 11.5 Å². The van der Waals surface area contributed by atoms with Gasteiger partial charge in [0.15, 0.2) is 5.13 Å². The van der Waals surface area contributed by atoms with Crippen LogP contribution in [-0.2, 0) is 9.53 Å². The van der Waals surface area contributed by atoms with Crippen LogP contribution in [0.15, 0.2) is 53.4 Å². The van der Waals surface area contributed by atoms with Gasteiger partial charge in [-0.2, -0.15) is 0 Å². The van der Waals surface area contributed by atoms with E-state index in [1.54, 1.807) is 23.3 Å². The van der Waals surface area contributed by atoms with Crippen molar-refractivity contribution in [1.29, 1.82) is 0 Å². The van der Waals surface area contributed by atoms with Gasteiger partial charge in [0.05, 0.1) is 35.7 Å². The molecule has 1 fully saturated rings. The summed E-state index contributed by atoms with van der Waals surface area (Å²) in [6, 6.07) is 15.7. The summed E-state index contributed by atoms with van der Waals surface area (Å²) in [5.74, 6) is 1.22. The van der Waals surface area contributed by atoms with Crippen LogP contribution in [0.5, 0.6) is 5.75 Å². The molecule has 1 amide bonds. The molecule has 7 heteroatoms. The number of rotatable bonds is 7. The van der Waals surface area contributed by atoms with Crippen LogP contribution in [0.3, 0.4) is 0 Å². The van der Waals surface area contributed by atoms with Crippen molar-refractivity contribution >= 4 is 44.4 Å². The fourth-order valence-corrected chi connectivity index (χ4v) is 4.92. The van der Waals surface area contributed by atoms with Gasteiger partial charge in [-0.3, -0.25) is 9.69 Å². The summed E-state index contributed by atoms with van der Waals surface area (Å²) in [4.78, 5) is 20.6. The second kappa shape index (κ2) is 8.94. The third kappa shape index (κ3) is 4.48. The van der Waals surface area contributed by atoms with Crippen molar-refractivity contribution in [2.45, 2.75) is 23.8 Å². The molecule has 1 saturated heterocycles. The minimum absolute atomic E-state index is 0.0513. The number of nitrogens with zero attached hydrogens (tertiary/aromatic N) is 2. The van der Waals surface area contributed by atoms with Gasteiger partial charge in [-0.1, -0.05) is 23.5 Å². The molecule has 1 aliphatic rings. The van der Waals surface area contributed by atoms with E-state index >= 15 is 0 Å². The van der Waals surface area contributed by atoms with Gasteiger partial charge in [0.1, 0.15) is 5.75 Å². The molecule has 0 aliphatic carbocycles. The van der Waals surface area contributed by atoms with Crippen LogP contribution in [0, 0.1) is 0 Å². The molecule has 3 aromatic rings. The monoisotopic (exact) mass is 414 g/mol. The summed E-state index contributed by atoms with van der Waals surface area (Å²) in [6.45, 7) is 1.33. The van der Waals surface area contributed by atoms with E-state index in [0.29, 0.717) is 12.3 Å². The first-order valence-corrected chi connectivity index (χ1v) is 11.1. The molecular weight excluding hydrogens is 392 g/mol. The quantitative estimate of drug-likeness (QED) is 0.529. The van der Waals surface area contributed by atoms with Crippen molar-refractivity contribution in [3.63, 3.8) is 0 Å². The lowest BCUT2D eigenvalue weighted by Gasteiger charge is -2.23. The zero-order chi connectivity index (χ0) is 19.3. The van der Waals surface area contributed by atoms with Crippen LogP contribution in [0.1, 0.15) is 12.8 Å². The van der Waals surface area contributed by atoms with Gasteiger partial charge in [-0.25, -0.2) is 4.98 Å². The molecule has 0 bridgehead atoms. The number of thioether (sulfide) groups is 1. The second-order valence-electron chi connectivity index (χ2n) is 6.57. The number of ether oxygens (including phenoxy) is 2. The standard InChI is InChI=1S/C21H22N2O3S2/c1-25-15-8-10-17(11-9-15)27-14-20(24)23(13-16-5-4-12-26-16)21-22-18-6-2-3-7-19(18)28-21/h2-3,6-11,16H,4-5,12-14H2,1H3/t16-/m0/s1. The first-order chi connectivity index (χ1) is 13.7. The second-order valence-corrected chi connectivity index (χ2v) is 8.63. The van der Waals surface area contributed by atoms with Crippen molar-refractivity contribution in [2.24, 2.45) is 0 Å². The average Bonchev–Trinajstić information content (AvgIpc) is 3.40. The van der Waals surface area contributed by atoms with E-state index in [1.807, 2.05) is 48.5 Å². The number of hydrogen-bond donors (Lipinski definition) is 0. The molecule has 0 radical (unpaired) electrons. The highest BCUT2D eigenvalue weighted by Gasteiger charge is 2.26. The lowest BCUT2D eigenvalue weighted by Crippen LogP contribution is -2.38. The van der Waals surface area contributed by atoms with E-state index < -0.39 is 0 Å². The van der Waals surface area contributed by atoms with E-state index in [0.717, 1.165) is 45.4 Å². The minimum Gasteiger partial charge on any atom is -0.497 e. The SMILES string of the molecule is COc1ccc(SCC(=O)N(C[C@@H]2CCCO2)c2nc3ccccc3s2)cc1. The Bertz CT molecular complexity index is 903.